The smallest absolute Gasteiger partial charge is 0.238 e. The first-order valence-electron chi connectivity index (χ1n) is 4.69. The van der Waals surface area contributed by atoms with Crippen molar-refractivity contribution in [1.29, 1.82) is 0 Å². The van der Waals surface area contributed by atoms with E-state index in [2.05, 4.69) is 15.4 Å². The molecule has 0 radical (unpaired) electrons. The van der Waals surface area contributed by atoms with Crippen molar-refractivity contribution in [2.45, 2.75) is 37.2 Å². The second kappa shape index (κ2) is 5.29. The fourth-order valence-electron chi connectivity index (χ4n) is 0.890. The van der Waals surface area contributed by atoms with Crippen LogP contribution in [0.5, 0.6) is 0 Å². The van der Waals surface area contributed by atoms with Gasteiger partial charge in [-0.15, -0.1) is 11.8 Å². The van der Waals surface area contributed by atoms with Crippen LogP contribution >= 0.6 is 11.8 Å². The predicted octanol–water partition coefficient (Wildman–Crippen LogP) is 0.932. The van der Waals surface area contributed by atoms with Crippen molar-refractivity contribution >= 4 is 17.7 Å². The number of thioether (sulfide) groups is 1. The molecule has 0 saturated heterocycles. The first-order chi connectivity index (χ1) is 7.04. The van der Waals surface area contributed by atoms with Gasteiger partial charge in [0, 0.05) is 11.4 Å². The lowest BCUT2D eigenvalue weighted by atomic mass is 10.3. The van der Waals surface area contributed by atoms with Gasteiger partial charge in [0.05, 0.1) is 6.10 Å². The zero-order chi connectivity index (χ0) is 11.4. The van der Waals surface area contributed by atoms with Gasteiger partial charge in [-0.3, -0.25) is 5.43 Å². The zero-order valence-corrected chi connectivity index (χ0v) is 9.88. The molecular formula is C9H16N4OS. The Morgan fingerprint density at radius 2 is 2.20 bits per heavy atom. The lowest BCUT2D eigenvalue weighted by molar-refractivity contribution is 0.196. The molecule has 1 heterocycles. The number of hydrazine groups is 1. The molecule has 2 unspecified atom stereocenters. The Bertz CT molecular complexity index is 332. The molecule has 5 nitrogen and oxygen atoms in total. The number of aliphatic hydroxyl groups excluding tert-OH is 1. The first-order valence-corrected chi connectivity index (χ1v) is 5.57. The summed E-state index contributed by atoms with van der Waals surface area (Å²) in [5.41, 5.74) is 3.38. The number of aryl methyl sites for hydroxylation is 1. The van der Waals surface area contributed by atoms with Crippen LogP contribution in [-0.2, 0) is 0 Å². The van der Waals surface area contributed by atoms with Gasteiger partial charge in [0.2, 0.25) is 5.95 Å². The average Bonchev–Trinajstić information content (AvgIpc) is 2.21. The minimum atomic E-state index is -0.376. The molecule has 0 spiro atoms. The Morgan fingerprint density at radius 1 is 1.53 bits per heavy atom. The second-order valence-corrected chi connectivity index (χ2v) is 4.76. The molecule has 0 bridgehead atoms. The largest absolute Gasteiger partial charge is 0.392 e. The van der Waals surface area contributed by atoms with E-state index < -0.39 is 0 Å². The zero-order valence-electron chi connectivity index (χ0n) is 9.06. The van der Waals surface area contributed by atoms with Crippen molar-refractivity contribution in [1.82, 2.24) is 9.97 Å². The van der Waals surface area contributed by atoms with Crippen LogP contribution in [0, 0.1) is 6.92 Å². The summed E-state index contributed by atoms with van der Waals surface area (Å²) in [6, 6.07) is 0. The van der Waals surface area contributed by atoms with E-state index >= 15 is 0 Å². The summed E-state index contributed by atoms with van der Waals surface area (Å²) >= 11 is 1.51. The molecule has 1 aromatic heterocycles. The van der Waals surface area contributed by atoms with E-state index in [4.69, 9.17) is 5.84 Å². The third kappa shape index (κ3) is 3.33. The van der Waals surface area contributed by atoms with Gasteiger partial charge in [-0.1, -0.05) is 6.92 Å². The number of anilines is 1. The highest BCUT2D eigenvalue weighted by atomic mass is 32.2. The molecule has 0 aliphatic heterocycles. The number of nitrogen functional groups attached to an aromatic ring is 1. The predicted molar refractivity (Wildman–Crippen MR) is 61.6 cm³/mol. The van der Waals surface area contributed by atoms with E-state index in [1.54, 1.807) is 13.1 Å². The lowest BCUT2D eigenvalue weighted by Crippen LogP contribution is -2.16. The van der Waals surface area contributed by atoms with Gasteiger partial charge < -0.3 is 5.11 Å². The molecule has 0 aromatic carbocycles. The normalized spacial score (nSPS) is 14.7. The number of nitrogens with zero attached hydrogens (tertiary/aromatic N) is 2. The molecule has 15 heavy (non-hydrogen) atoms. The summed E-state index contributed by atoms with van der Waals surface area (Å²) in [5.74, 6) is 5.62. The quantitative estimate of drug-likeness (QED) is 0.308. The number of aliphatic hydroxyl groups is 1. The lowest BCUT2D eigenvalue weighted by Gasteiger charge is -2.14. The van der Waals surface area contributed by atoms with Crippen LogP contribution in [0.4, 0.5) is 5.95 Å². The topological polar surface area (TPSA) is 84.1 Å². The summed E-state index contributed by atoms with van der Waals surface area (Å²) < 4.78 is 0. The molecule has 0 amide bonds. The molecule has 0 fully saturated rings. The van der Waals surface area contributed by atoms with Gasteiger partial charge in [0.25, 0.3) is 0 Å². The van der Waals surface area contributed by atoms with E-state index in [9.17, 15) is 5.11 Å². The van der Waals surface area contributed by atoms with Crippen LogP contribution in [0.2, 0.25) is 0 Å². The maximum atomic E-state index is 9.40. The standard InChI is InChI=1S/C9H16N4OS/c1-5-4-11-9(13-10)12-8(5)15-7(3)6(2)14/h4,6-7,14H,10H2,1-3H3,(H,11,12,13). The second-order valence-electron chi connectivity index (χ2n) is 3.39. The van der Waals surface area contributed by atoms with Gasteiger partial charge in [-0.05, 0) is 19.4 Å². The van der Waals surface area contributed by atoms with Crippen molar-refractivity contribution in [3.05, 3.63) is 11.8 Å². The van der Waals surface area contributed by atoms with Crippen LogP contribution in [0.15, 0.2) is 11.2 Å². The maximum absolute atomic E-state index is 9.40. The van der Waals surface area contributed by atoms with Crippen molar-refractivity contribution < 1.29 is 5.11 Å². The maximum Gasteiger partial charge on any atom is 0.238 e. The number of rotatable bonds is 4. The molecule has 1 rings (SSSR count). The number of aromatic nitrogens is 2. The highest BCUT2D eigenvalue weighted by Gasteiger charge is 2.13. The minimum Gasteiger partial charge on any atom is -0.392 e. The summed E-state index contributed by atoms with van der Waals surface area (Å²) in [5, 5.41) is 10.3. The van der Waals surface area contributed by atoms with Crippen molar-refractivity contribution in [2.75, 3.05) is 5.43 Å². The Hall–Kier alpha value is -0.850. The average molecular weight is 228 g/mol. The Labute approximate surface area is 93.5 Å². The summed E-state index contributed by atoms with van der Waals surface area (Å²) in [7, 11) is 0. The van der Waals surface area contributed by atoms with Crippen molar-refractivity contribution in [2.24, 2.45) is 5.84 Å². The molecular weight excluding hydrogens is 212 g/mol. The number of nitrogens with one attached hydrogen (secondary N) is 1. The van der Waals surface area contributed by atoms with Gasteiger partial charge in [0.15, 0.2) is 0 Å². The monoisotopic (exact) mass is 228 g/mol. The van der Waals surface area contributed by atoms with E-state index in [-0.39, 0.29) is 11.4 Å². The molecule has 1 aromatic rings. The summed E-state index contributed by atoms with van der Waals surface area (Å²) in [6.45, 7) is 5.64. The highest BCUT2D eigenvalue weighted by molar-refractivity contribution is 7.99. The van der Waals surface area contributed by atoms with E-state index in [0.717, 1.165) is 10.6 Å². The van der Waals surface area contributed by atoms with E-state index in [1.165, 1.54) is 11.8 Å². The molecule has 84 valence electrons. The van der Waals surface area contributed by atoms with Gasteiger partial charge in [-0.2, -0.15) is 0 Å². The highest BCUT2D eigenvalue weighted by Crippen LogP contribution is 2.26. The van der Waals surface area contributed by atoms with E-state index in [1.807, 2.05) is 13.8 Å². The first kappa shape index (κ1) is 12.2. The molecule has 2 atom stereocenters. The fourth-order valence-corrected chi connectivity index (χ4v) is 1.82. The van der Waals surface area contributed by atoms with Gasteiger partial charge in [-0.25, -0.2) is 15.8 Å². The van der Waals surface area contributed by atoms with Crippen molar-refractivity contribution in [3.8, 4) is 0 Å². The molecule has 0 aliphatic carbocycles. The Balaban J connectivity index is 2.83. The van der Waals surface area contributed by atoms with Crippen LogP contribution in [0.1, 0.15) is 19.4 Å². The third-order valence-electron chi connectivity index (χ3n) is 2.03. The Kier molecular flexibility index (Phi) is 4.31. The van der Waals surface area contributed by atoms with Crippen LogP contribution in [0.3, 0.4) is 0 Å². The van der Waals surface area contributed by atoms with Gasteiger partial charge >= 0.3 is 0 Å². The number of hydrogen-bond donors (Lipinski definition) is 3. The third-order valence-corrected chi connectivity index (χ3v) is 3.43. The Morgan fingerprint density at radius 3 is 2.73 bits per heavy atom. The van der Waals surface area contributed by atoms with Gasteiger partial charge in [0.1, 0.15) is 5.03 Å². The molecule has 0 aliphatic rings. The van der Waals surface area contributed by atoms with E-state index in [0.29, 0.717) is 5.95 Å². The van der Waals surface area contributed by atoms with Crippen molar-refractivity contribution in [3.63, 3.8) is 0 Å². The minimum absolute atomic E-state index is 0.0872. The fraction of sp³-hybridized carbons (Fsp3) is 0.556. The SMILES string of the molecule is Cc1cnc(NN)nc1SC(C)C(C)O. The van der Waals surface area contributed by atoms with Crippen LogP contribution < -0.4 is 11.3 Å². The summed E-state index contributed by atoms with van der Waals surface area (Å²) in [4.78, 5) is 8.20. The number of hydrogen-bond acceptors (Lipinski definition) is 6. The van der Waals surface area contributed by atoms with Crippen LogP contribution in [-0.4, -0.2) is 26.4 Å². The molecule has 0 saturated carbocycles. The number of nitrogens with two attached hydrogens (primary N) is 1. The molecule has 6 heteroatoms. The van der Waals surface area contributed by atoms with Crippen LogP contribution in [0.25, 0.3) is 0 Å². The molecule has 4 N–H and O–H groups in total. The summed E-state index contributed by atoms with van der Waals surface area (Å²) in [6.07, 6.45) is 1.33.